The smallest absolute Gasteiger partial charge is 0.276 e. The summed E-state index contributed by atoms with van der Waals surface area (Å²) in [5, 5.41) is 0. The molecule has 6 nitrogen and oxygen atoms in total. The second-order valence-corrected chi connectivity index (χ2v) is 5.32. The molecule has 1 fully saturated rings. The third-order valence-corrected chi connectivity index (χ3v) is 3.89. The molecule has 2 rings (SSSR count). The van der Waals surface area contributed by atoms with Crippen LogP contribution in [0.4, 0.5) is 11.4 Å². The van der Waals surface area contributed by atoms with E-state index in [1.165, 1.54) is 0 Å². The molecule has 2 N–H and O–H groups in total. The lowest BCUT2D eigenvalue weighted by molar-refractivity contribution is 0.185. The fourth-order valence-corrected chi connectivity index (χ4v) is 2.54. The van der Waals surface area contributed by atoms with E-state index in [9.17, 15) is 4.79 Å². The Kier molecular flexibility index (Phi) is 4.67. The van der Waals surface area contributed by atoms with E-state index < -0.39 is 0 Å². The van der Waals surface area contributed by atoms with Crippen molar-refractivity contribution in [2.75, 3.05) is 57.6 Å². The molecule has 0 saturated carbocycles. The van der Waals surface area contributed by atoms with E-state index in [2.05, 4.69) is 16.8 Å². The molecular formula is C14H24N4O2. The zero-order chi connectivity index (χ0) is 14.7. The normalized spacial score (nSPS) is 16.6. The molecule has 1 aromatic heterocycles. The fourth-order valence-electron chi connectivity index (χ4n) is 2.54. The van der Waals surface area contributed by atoms with Crippen LogP contribution in [-0.4, -0.2) is 56.4 Å². The Bertz CT molecular complexity index is 519. The maximum Gasteiger partial charge on any atom is 0.276 e. The third-order valence-electron chi connectivity index (χ3n) is 3.89. The van der Waals surface area contributed by atoms with Crippen molar-refractivity contribution in [2.24, 2.45) is 0 Å². The first kappa shape index (κ1) is 14.9. The minimum absolute atomic E-state index is 0.115. The van der Waals surface area contributed by atoms with E-state index in [1.807, 2.05) is 13.0 Å². The molecule has 1 aromatic rings. The second kappa shape index (κ2) is 6.28. The predicted molar refractivity (Wildman–Crippen MR) is 81.4 cm³/mol. The zero-order valence-electron chi connectivity index (χ0n) is 12.6. The number of aromatic nitrogens is 1. The third kappa shape index (κ3) is 2.96. The van der Waals surface area contributed by atoms with Gasteiger partial charge in [0.2, 0.25) is 0 Å². The molecule has 0 radical (unpaired) electrons. The van der Waals surface area contributed by atoms with E-state index in [1.54, 1.807) is 11.7 Å². The summed E-state index contributed by atoms with van der Waals surface area (Å²) in [6, 6.07) is 2.01. The van der Waals surface area contributed by atoms with Crippen molar-refractivity contribution in [3.8, 4) is 0 Å². The Morgan fingerprint density at radius 2 is 1.95 bits per heavy atom. The minimum Gasteiger partial charge on any atom is -0.393 e. The number of pyridine rings is 1. The fraction of sp³-hybridized carbons (Fsp3) is 0.643. The average molecular weight is 280 g/mol. The number of rotatable bonds is 4. The topological polar surface area (TPSA) is 63.7 Å². The molecular weight excluding hydrogens is 256 g/mol. The molecule has 0 aliphatic carbocycles. The van der Waals surface area contributed by atoms with Gasteiger partial charge in [-0.1, -0.05) is 0 Å². The first-order valence-corrected chi connectivity index (χ1v) is 6.97. The van der Waals surface area contributed by atoms with Crippen molar-refractivity contribution in [2.45, 2.75) is 13.5 Å². The van der Waals surface area contributed by atoms with E-state index in [-0.39, 0.29) is 5.56 Å². The lowest BCUT2D eigenvalue weighted by Gasteiger charge is -2.34. The van der Waals surface area contributed by atoms with Gasteiger partial charge in [0.1, 0.15) is 5.69 Å². The van der Waals surface area contributed by atoms with Gasteiger partial charge in [-0.05, 0) is 20.0 Å². The first-order chi connectivity index (χ1) is 9.54. The van der Waals surface area contributed by atoms with Gasteiger partial charge >= 0.3 is 0 Å². The SMILES string of the molecule is COCCn1c(C)cc(N2CCN(C)CC2)c(N)c1=O. The number of methoxy groups -OCH3 is 1. The molecule has 2 heterocycles. The van der Waals surface area contributed by atoms with Crippen molar-refractivity contribution >= 4 is 11.4 Å². The van der Waals surface area contributed by atoms with Crippen LogP contribution in [0.15, 0.2) is 10.9 Å². The molecule has 0 unspecified atom stereocenters. The lowest BCUT2D eigenvalue weighted by atomic mass is 10.2. The van der Waals surface area contributed by atoms with Crippen LogP contribution < -0.4 is 16.2 Å². The summed E-state index contributed by atoms with van der Waals surface area (Å²) in [4.78, 5) is 16.8. The van der Waals surface area contributed by atoms with Gasteiger partial charge in [-0.3, -0.25) is 4.79 Å². The van der Waals surface area contributed by atoms with E-state index in [4.69, 9.17) is 10.5 Å². The zero-order valence-corrected chi connectivity index (χ0v) is 12.6. The van der Waals surface area contributed by atoms with Gasteiger partial charge in [0, 0.05) is 45.5 Å². The molecule has 112 valence electrons. The van der Waals surface area contributed by atoms with Crippen molar-refractivity contribution in [3.05, 3.63) is 22.1 Å². The molecule has 20 heavy (non-hydrogen) atoms. The number of anilines is 2. The van der Waals surface area contributed by atoms with Gasteiger partial charge in [-0.15, -0.1) is 0 Å². The number of nitrogens with two attached hydrogens (primary N) is 1. The number of ether oxygens (including phenoxy) is 1. The predicted octanol–water partition coefficient (Wildman–Crippen LogP) is 0.137. The van der Waals surface area contributed by atoms with E-state index in [0.717, 1.165) is 37.6 Å². The van der Waals surface area contributed by atoms with Crippen LogP contribution in [0.25, 0.3) is 0 Å². The number of hydrogen-bond donors (Lipinski definition) is 1. The van der Waals surface area contributed by atoms with Crippen LogP contribution in [0.1, 0.15) is 5.69 Å². The number of nitrogen functional groups attached to an aromatic ring is 1. The van der Waals surface area contributed by atoms with E-state index in [0.29, 0.717) is 18.8 Å². The molecule has 6 heteroatoms. The first-order valence-electron chi connectivity index (χ1n) is 6.97. The highest BCUT2D eigenvalue weighted by Gasteiger charge is 2.19. The Labute approximate surface area is 119 Å². The highest BCUT2D eigenvalue weighted by atomic mass is 16.5. The van der Waals surface area contributed by atoms with Crippen molar-refractivity contribution in [1.82, 2.24) is 9.47 Å². The Morgan fingerprint density at radius 1 is 1.30 bits per heavy atom. The van der Waals surface area contributed by atoms with Crippen LogP contribution in [0.2, 0.25) is 0 Å². The second-order valence-electron chi connectivity index (χ2n) is 5.32. The van der Waals surface area contributed by atoms with Crippen LogP contribution in [0.5, 0.6) is 0 Å². The van der Waals surface area contributed by atoms with E-state index >= 15 is 0 Å². The summed E-state index contributed by atoms with van der Waals surface area (Å²) >= 11 is 0. The van der Waals surface area contributed by atoms with Gasteiger partial charge < -0.3 is 24.8 Å². The molecule has 1 aliphatic heterocycles. The van der Waals surface area contributed by atoms with Gasteiger partial charge in [-0.2, -0.15) is 0 Å². The summed E-state index contributed by atoms with van der Waals surface area (Å²) in [6.07, 6.45) is 0. The molecule has 0 spiro atoms. The molecule has 0 amide bonds. The van der Waals surface area contributed by atoms with Crippen molar-refractivity contribution in [1.29, 1.82) is 0 Å². The van der Waals surface area contributed by atoms with Crippen LogP contribution in [0.3, 0.4) is 0 Å². The van der Waals surface area contributed by atoms with Crippen LogP contribution in [-0.2, 0) is 11.3 Å². The Hall–Kier alpha value is -1.53. The van der Waals surface area contributed by atoms with Gasteiger partial charge in [0.05, 0.1) is 12.3 Å². The number of piperazine rings is 1. The number of aryl methyl sites for hydroxylation is 1. The summed E-state index contributed by atoms with van der Waals surface area (Å²) < 4.78 is 6.72. The van der Waals surface area contributed by atoms with Gasteiger partial charge in [-0.25, -0.2) is 0 Å². The molecule has 0 atom stereocenters. The molecule has 0 bridgehead atoms. The minimum atomic E-state index is -0.115. The lowest BCUT2D eigenvalue weighted by Crippen LogP contribution is -2.45. The monoisotopic (exact) mass is 280 g/mol. The summed E-state index contributed by atoms with van der Waals surface area (Å²) in [7, 11) is 3.73. The van der Waals surface area contributed by atoms with Crippen molar-refractivity contribution in [3.63, 3.8) is 0 Å². The highest BCUT2D eigenvalue weighted by molar-refractivity contribution is 5.67. The van der Waals surface area contributed by atoms with Crippen LogP contribution >= 0.6 is 0 Å². The molecule has 0 aromatic carbocycles. The average Bonchev–Trinajstić information content (AvgIpc) is 2.44. The highest BCUT2D eigenvalue weighted by Crippen LogP contribution is 2.22. The summed E-state index contributed by atoms with van der Waals surface area (Å²) in [6.45, 7) is 6.78. The Balaban J connectivity index is 2.29. The number of hydrogen-bond acceptors (Lipinski definition) is 5. The number of likely N-dealkylation sites (N-methyl/N-ethyl adjacent to an activating group) is 1. The van der Waals surface area contributed by atoms with Gasteiger partial charge in [0.25, 0.3) is 5.56 Å². The van der Waals surface area contributed by atoms with Gasteiger partial charge in [0.15, 0.2) is 0 Å². The summed E-state index contributed by atoms with van der Waals surface area (Å²) in [5.41, 5.74) is 8.08. The van der Waals surface area contributed by atoms with Crippen LogP contribution in [0, 0.1) is 6.92 Å². The largest absolute Gasteiger partial charge is 0.393 e. The molecule has 1 aliphatic rings. The van der Waals surface area contributed by atoms with Crippen molar-refractivity contribution < 1.29 is 4.74 Å². The summed E-state index contributed by atoms with van der Waals surface area (Å²) in [5.74, 6) is 0. The quantitative estimate of drug-likeness (QED) is 0.850. The number of nitrogens with zero attached hydrogens (tertiary/aromatic N) is 3. The maximum atomic E-state index is 12.4. The Morgan fingerprint density at radius 3 is 2.55 bits per heavy atom. The standard InChI is InChI=1S/C14H24N4O2/c1-11-10-12(17-6-4-16(2)5-7-17)13(15)14(19)18(11)8-9-20-3/h10H,4-9,15H2,1-3H3. The maximum absolute atomic E-state index is 12.4. The molecule has 1 saturated heterocycles.